The van der Waals surface area contributed by atoms with Crippen LogP contribution in [0.2, 0.25) is 10.0 Å². The van der Waals surface area contributed by atoms with Crippen LogP contribution in [0.25, 0.3) is 0 Å². The van der Waals surface area contributed by atoms with Crippen molar-refractivity contribution in [1.82, 2.24) is 14.5 Å². The molecule has 2 amide bonds. The lowest BCUT2D eigenvalue weighted by Gasteiger charge is -2.34. The van der Waals surface area contributed by atoms with Gasteiger partial charge in [0.15, 0.2) is 0 Å². The number of benzene rings is 2. The van der Waals surface area contributed by atoms with Gasteiger partial charge < -0.3 is 10.2 Å². The standard InChI is InChI=1S/C25H33Cl2FN4O4S/c1-5-7-15-29-25(34)23(6-2)31(16-20-21(26)9-8-10-22(20)27)24(33)17-32(37(35,36)30(3)4)19-13-11-18(28)12-14-19/h8-14,23H,5-7,15-17H2,1-4H3,(H,29,34)/t23-/m0/s1. The second kappa shape index (κ2) is 13.9. The van der Waals surface area contributed by atoms with E-state index in [-0.39, 0.29) is 24.6 Å². The molecule has 8 nitrogen and oxygen atoms in total. The van der Waals surface area contributed by atoms with Crippen LogP contribution in [0.5, 0.6) is 0 Å². The highest BCUT2D eigenvalue weighted by molar-refractivity contribution is 7.90. The summed E-state index contributed by atoms with van der Waals surface area (Å²) in [4.78, 5) is 28.2. The van der Waals surface area contributed by atoms with Gasteiger partial charge in [0.1, 0.15) is 18.4 Å². The molecule has 0 aromatic heterocycles. The van der Waals surface area contributed by atoms with Crippen molar-refractivity contribution in [3.8, 4) is 0 Å². The lowest BCUT2D eigenvalue weighted by atomic mass is 10.1. The normalized spacial score (nSPS) is 12.3. The minimum Gasteiger partial charge on any atom is -0.354 e. The summed E-state index contributed by atoms with van der Waals surface area (Å²) in [6.45, 7) is 3.45. The highest BCUT2D eigenvalue weighted by Gasteiger charge is 2.34. The van der Waals surface area contributed by atoms with E-state index in [0.717, 1.165) is 33.6 Å². The van der Waals surface area contributed by atoms with Crippen LogP contribution in [0.3, 0.4) is 0 Å². The third-order valence-corrected chi connectivity index (χ3v) is 8.27. The van der Waals surface area contributed by atoms with Crippen molar-refractivity contribution in [2.45, 2.75) is 45.7 Å². The number of nitrogens with zero attached hydrogens (tertiary/aromatic N) is 3. The molecule has 0 fully saturated rings. The topological polar surface area (TPSA) is 90.0 Å². The molecule has 204 valence electrons. The number of unbranched alkanes of at least 4 members (excludes halogenated alkanes) is 1. The van der Waals surface area contributed by atoms with Gasteiger partial charge in [-0.2, -0.15) is 12.7 Å². The molecule has 0 unspecified atom stereocenters. The average molecular weight is 576 g/mol. The molecular weight excluding hydrogens is 542 g/mol. The quantitative estimate of drug-likeness (QED) is 0.357. The molecule has 1 atom stereocenters. The largest absolute Gasteiger partial charge is 0.354 e. The minimum atomic E-state index is -4.15. The molecule has 0 saturated heterocycles. The van der Waals surface area contributed by atoms with Crippen molar-refractivity contribution in [1.29, 1.82) is 0 Å². The fourth-order valence-electron chi connectivity index (χ4n) is 3.60. The third-order valence-electron chi connectivity index (χ3n) is 5.74. The first kappa shape index (κ1) is 30.8. The summed E-state index contributed by atoms with van der Waals surface area (Å²) < 4.78 is 41.7. The van der Waals surface area contributed by atoms with E-state index < -0.39 is 34.5 Å². The number of halogens is 3. The van der Waals surface area contributed by atoms with E-state index in [1.165, 1.54) is 31.1 Å². The molecule has 0 heterocycles. The van der Waals surface area contributed by atoms with Gasteiger partial charge in [-0.25, -0.2) is 8.70 Å². The lowest BCUT2D eigenvalue weighted by Crippen LogP contribution is -2.53. The van der Waals surface area contributed by atoms with E-state index >= 15 is 0 Å². The maximum Gasteiger partial charge on any atom is 0.304 e. The molecule has 37 heavy (non-hydrogen) atoms. The van der Waals surface area contributed by atoms with Crippen LogP contribution < -0.4 is 9.62 Å². The van der Waals surface area contributed by atoms with Crippen molar-refractivity contribution in [2.24, 2.45) is 0 Å². The van der Waals surface area contributed by atoms with E-state index in [9.17, 15) is 22.4 Å². The number of nitrogens with one attached hydrogen (secondary N) is 1. The summed E-state index contributed by atoms with van der Waals surface area (Å²) in [6.07, 6.45) is 1.92. The summed E-state index contributed by atoms with van der Waals surface area (Å²) in [5.74, 6) is -1.57. The average Bonchev–Trinajstić information content (AvgIpc) is 2.84. The number of amides is 2. The van der Waals surface area contributed by atoms with E-state index in [0.29, 0.717) is 22.2 Å². The van der Waals surface area contributed by atoms with Gasteiger partial charge >= 0.3 is 10.2 Å². The number of hydrogen-bond acceptors (Lipinski definition) is 4. The Kier molecular flexibility index (Phi) is 11.6. The smallest absolute Gasteiger partial charge is 0.304 e. The maximum absolute atomic E-state index is 13.8. The Balaban J connectivity index is 2.52. The van der Waals surface area contributed by atoms with Crippen LogP contribution >= 0.6 is 23.2 Å². The molecule has 2 rings (SSSR count). The number of carbonyl (C=O) groups is 2. The monoisotopic (exact) mass is 574 g/mol. The highest BCUT2D eigenvalue weighted by atomic mass is 35.5. The molecular formula is C25H33Cl2FN4O4S. The molecule has 0 radical (unpaired) electrons. The second-order valence-electron chi connectivity index (χ2n) is 8.56. The summed E-state index contributed by atoms with van der Waals surface area (Å²) in [5.41, 5.74) is 0.530. The molecule has 0 aliphatic heterocycles. The predicted octanol–water partition coefficient (Wildman–Crippen LogP) is 4.47. The first-order valence-electron chi connectivity index (χ1n) is 11.9. The molecule has 0 saturated carbocycles. The van der Waals surface area contributed by atoms with Crippen molar-refractivity contribution in [2.75, 3.05) is 31.5 Å². The minimum absolute atomic E-state index is 0.0969. The Labute approximate surface area is 228 Å². The lowest BCUT2D eigenvalue weighted by molar-refractivity contribution is -0.140. The first-order valence-corrected chi connectivity index (χ1v) is 14.0. The maximum atomic E-state index is 13.8. The van der Waals surface area contributed by atoms with Gasteiger partial charge in [0, 0.05) is 42.8 Å². The molecule has 0 spiro atoms. The predicted molar refractivity (Wildman–Crippen MR) is 145 cm³/mol. The van der Waals surface area contributed by atoms with Gasteiger partial charge in [-0.1, -0.05) is 49.5 Å². The second-order valence-corrected chi connectivity index (χ2v) is 11.4. The SMILES string of the molecule is CCCCNC(=O)[C@H](CC)N(Cc1c(Cl)cccc1Cl)C(=O)CN(c1ccc(F)cc1)S(=O)(=O)N(C)C. The Morgan fingerprint density at radius 3 is 2.14 bits per heavy atom. The third kappa shape index (κ3) is 8.04. The van der Waals surface area contributed by atoms with Gasteiger partial charge in [-0.15, -0.1) is 0 Å². The van der Waals surface area contributed by atoms with Crippen molar-refractivity contribution in [3.05, 3.63) is 63.9 Å². The van der Waals surface area contributed by atoms with E-state index in [1.807, 2.05) is 6.92 Å². The number of carbonyl (C=O) groups excluding carboxylic acids is 2. The summed E-state index contributed by atoms with van der Waals surface area (Å²) >= 11 is 12.7. The molecule has 0 aliphatic carbocycles. The van der Waals surface area contributed by atoms with Gasteiger partial charge in [-0.05, 0) is 49.2 Å². The summed E-state index contributed by atoms with van der Waals surface area (Å²) in [6, 6.07) is 8.75. The summed E-state index contributed by atoms with van der Waals surface area (Å²) in [7, 11) is -1.49. The van der Waals surface area contributed by atoms with E-state index in [2.05, 4.69) is 5.32 Å². The Hall–Kier alpha value is -2.40. The number of rotatable bonds is 13. The van der Waals surface area contributed by atoms with Gasteiger partial charge in [0.2, 0.25) is 11.8 Å². The van der Waals surface area contributed by atoms with Crippen molar-refractivity contribution in [3.63, 3.8) is 0 Å². The fraction of sp³-hybridized carbons (Fsp3) is 0.440. The zero-order chi connectivity index (χ0) is 27.8. The summed E-state index contributed by atoms with van der Waals surface area (Å²) in [5, 5.41) is 3.46. The molecule has 0 bridgehead atoms. The Morgan fingerprint density at radius 1 is 1.03 bits per heavy atom. The van der Waals surface area contributed by atoms with Crippen molar-refractivity contribution >= 4 is 50.9 Å². The fourth-order valence-corrected chi connectivity index (χ4v) is 5.18. The van der Waals surface area contributed by atoms with Crippen LogP contribution in [-0.4, -0.2) is 62.7 Å². The van der Waals surface area contributed by atoms with Crippen LogP contribution in [0, 0.1) is 5.82 Å². The van der Waals surface area contributed by atoms with Gasteiger partial charge in [-0.3, -0.25) is 9.59 Å². The first-order chi connectivity index (χ1) is 17.4. The van der Waals surface area contributed by atoms with Crippen molar-refractivity contribution < 1.29 is 22.4 Å². The number of anilines is 1. The van der Waals surface area contributed by atoms with E-state index in [4.69, 9.17) is 23.2 Å². The van der Waals surface area contributed by atoms with Crippen LogP contribution in [0.4, 0.5) is 10.1 Å². The zero-order valence-electron chi connectivity index (χ0n) is 21.4. The molecule has 0 aliphatic rings. The van der Waals surface area contributed by atoms with E-state index in [1.54, 1.807) is 25.1 Å². The highest BCUT2D eigenvalue weighted by Crippen LogP contribution is 2.28. The van der Waals surface area contributed by atoms with Gasteiger partial charge in [0.05, 0.1) is 5.69 Å². The van der Waals surface area contributed by atoms with Crippen LogP contribution in [0.1, 0.15) is 38.7 Å². The van der Waals surface area contributed by atoms with Crippen LogP contribution in [0.15, 0.2) is 42.5 Å². The Morgan fingerprint density at radius 2 is 1.62 bits per heavy atom. The Bertz CT molecular complexity index is 1160. The number of hydrogen-bond donors (Lipinski definition) is 1. The van der Waals surface area contributed by atoms with Crippen LogP contribution in [-0.2, 0) is 26.3 Å². The zero-order valence-corrected chi connectivity index (χ0v) is 23.7. The molecule has 1 N–H and O–H groups in total. The van der Waals surface area contributed by atoms with Gasteiger partial charge in [0.25, 0.3) is 0 Å². The molecule has 12 heteroatoms. The molecule has 2 aromatic rings. The molecule has 2 aromatic carbocycles.